The van der Waals surface area contributed by atoms with E-state index in [0.717, 1.165) is 10.8 Å². The lowest BCUT2D eigenvalue weighted by Gasteiger charge is -2.23. The Labute approximate surface area is 198 Å². The largest absolute Gasteiger partial charge is 0.507 e. The minimum absolute atomic E-state index is 0.0655. The number of benzene rings is 2. The number of imidazole rings is 1. The van der Waals surface area contributed by atoms with Crippen LogP contribution in [0, 0.1) is 0 Å². The fraction of sp³-hybridized carbons (Fsp3) is 0.304. The number of carbonyl (C=O) groups is 1. The number of nitrogens with zero attached hydrogens (tertiary/aromatic N) is 2. The molecular formula is C23H25F3N4O5. The first kappa shape index (κ1) is 25.8. The van der Waals surface area contributed by atoms with E-state index in [2.05, 4.69) is 10.3 Å². The number of nitrogens with two attached hydrogens (primary N) is 1. The number of alkyl halides is 3. The molecule has 0 saturated heterocycles. The number of phenols is 1. The van der Waals surface area contributed by atoms with Crippen LogP contribution in [0.15, 0.2) is 48.7 Å². The van der Waals surface area contributed by atoms with E-state index in [1.807, 2.05) is 0 Å². The summed E-state index contributed by atoms with van der Waals surface area (Å²) < 4.78 is 51.3. The number of hydrogen-bond acceptors (Lipinski definition) is 7. The lowest BCUT2D eigenvalue weighted by molar-refractivity contribution is -0.143. The van der Waals surface area contributed by atoms with Crippen molar-refractivity contribution in [3.8, 4) is 28.6 Å². The van der Waals surface area contributed by atoms with Gasteiger partial charge in [-0.2, -0.15) is 13.2 Å². The maximum Gasteiger partial charge on any atom is 0.433 e. The van der Waals surface area contributed by atoms with Gasteiger partial charge in [0, 0.05) is 19.2 Å². The van der Waals surface area contributed by atoms with Gasteiger partial charge in [0.1, 0.15) is 41.5 Å². The number of ether oxygens (including phenoxy) is 2. The first-order valence-corrected chi connectivity index (χ1v) is 10.5. The number of aliphatic hydroxyl groups is 1. The molecule has 2 atom stereocenters. The lowest BCUT2D eigenvalue weighted by Crippen LogP contribution is -2.44. The number of halogens is 3. The third kappa shape index (κ3) is 6.43. The molecule has 3 aromatic rings. The van der Waals surface area contributed by atoms with Crippen LogP contribution in [0.4, 0.5) is 13.2 Å². The summed E-state index contributed by atoms with van der Waals surface area (Å²) in [6.07, 6.45) is -5.44. The molecule has 9 nitrogen and oxygen atoms in total. The smallest absolute Gasteiger partial charge is 0.433 e. The highest BCUT2D eigenvalue weighted by Crippen LogP contribution is 2.32. The van der Waals surface area contributed by atoms with Gasteiger partial charge in [-0.1, -0.05) is 0 Å². The lowest BCUT2D eigenvalue weighted by atomic mass is 10.2. The maximum absolute atomic E-state index is 13.0. The van der Waals surface area contributed by atoms with E-state index in [1.165, 1.54) is 32.2 Å². The third-order valence-corrected chi connectivity index (χ3v) is 5.04. The first-order valence-electron chi connectivity index (χ1n) is 10.5. The zero-order chi connectivity index (χ0) is 25.8. The zero-order valence-corrected chi connectivity index (χ0v) is 18.9. The molecule has 0 aliphatic carbocycles. The normalized spacial score (nSPS) is 13.3. The number of amides is 1. The van der Waals surface area contributed by atoms with Gasteiger partial charge < -0.3 is 30.0 Å². The summed E-state index contributed by atoms with van der Waals surface area (Å²) in [6, 6.07) is 10.4. The van der Waals surface area contributed by atoms with Gasteiger partial charge in [0.15, 0.2) is 6.23 Å². The molecule has 0 radical (unpaired) electrons. The number of hydrogen-bond donors (Lipinski definition) is 4. The number of rotatable bonds is 10. The van der Waals surface area contributed by atoms with E-state index >= 15 is 0 Å². The molecule has 0 spiro atoms. The zero-order valence-electron chi connectivity index (χ0n) is 18.9. The fourth-order valence-corrected chi connectivity index (χ4v) is 3.25. The highest BCUT2D eigenvalue weighted by molar-refractivity contribution is 5.95. The topological polar surface area (TPSA) is 132 Å². The number of aromatic hydroxyl groups is 1. The van der Waals surface area contributed by atoms with Crippen molar-refractivity contribution in [2.45, 2.75) is 25.4 Å². The minimum Gasteiger partial charge on any atom is -0.507 e. The number of carbonyl (C=O) groups excluding carboxylic acids is 1. The predicted octanol–water partition coefficient (Wildman–Crippen LogP) is 2.66. The van der Waals surface area contributed by atoms with Crippen molar-refractivity contribution in [3.05, 3.63) is 59.9 Å². The van der Waals surface area contributed by atoms with Gasteiger partial charge >= 0.3 is 6.18 Å². The second-order valence-corrected chi connectivity index (χ2v) is 7.67. The summed E-state index contributed by atoms with van der Waals surface area (Å²) >= 11 is 0. The molecule has 2 unspecified atom stereocenters. The van der Waals surface area contributed by atoms with E-state index in [4.69, 9.17) is 15.2 Å². The summed E-state index contributed by atoms with van der Waals surface area (Å²) in [5.41, 5.74) is 4.74. The highest BCUT2D eigenvalue weighted by atomic mass is 19.4. The molecular weight excluding hydrogens is 469 g/mol. The Morgan fingerprint density at radius 1 is 1.20 bits per heavy atom. The molecule has 1 heterocycles. The second kappa shape index (κ2) is 10.7. The molecule has 1 amide bonds. The van der Waals surface area contributed by atoms with E-state index in [-0.39, 0.29) is 30.3 Å². The van der Waals surface area contributed by atoms with Crippen LogP contribution in [0.25, 0.3) is 11.4 Å². The molecule has 2 aromatic carbocycles. The van der Waals surface area contributed by atoms with Gasteiger partial charge in [0.25, 0.3) is 5.91 Å². The molecule has 12 heteroatoms. The molecule has 0 saturated carbocycles. The van der Waals surface area contributed by atoms with Crippen molar-refractivity contribution in [2.24, 2.45) is 12.8 Å². The number of primary amides is 1. The standard InChI is InChI=1S/C23H25F3N4O5/c1-13(31)22(28-9-10-34-16-7-8-18(32)17(11-16)20(27)33)35-15-5-3-14(4-6-15)21-29-12-19(30(21)2)23(24,25)26/h3-8,11-13,22,28,31-32H,9-10H2,1-2H3,(H2,27,33). The Bertz CT molecular complexity index is 1160. The average molecular weight is 494 g/mol. The van der Waals surface area contributed by atoms with Crippen LogP contribution in [-0.4, -0.2) is 51.2 Å². The van der Waals surface area contributed by atoms with Gasteiger partial charge in [-0.25, -0.2) is 4.98 Å². The molecule has 5 N–H and O–H groups in total. The van der Waals surface area contributed by atoms with E-state index in [1.54, 1.807) is 24.3 Å². The van der Waals surface area contributed by atoms with Crippen LogP contribution in [0.1, 0.15) is 23.0 Å². The van der Waals surface area contributed by atoms with Crippen LogP contribution >= 0.6 is 0 Å². The van der Waals surface area contributed by atoms with Crippen molar-refractivity contribution in [2.75, 3.05) is 13.2 Å². The number of nitrogens with one attached hydrogen (secondary N) is 1. The van der Waals surface area contributed by atoms with Crippen molar-refractivity contribution in [3.63, 3.8) is 0 Å². The van der Waals surface area contributed by atoms with Crippen molar-refractivity contribution in [1.29, 1.82) is 0 Å². The Morgan fingerprint density at radius 3 is 2.43 bits per heavy atom. The summed E-state index contributed by atoms with van der Waals surface area (Å²) in [7, 11) is 1.29. The molecule has 0 aliphatic heterocycles. The SMILES string of the molecule is CC(O)C(NCCOc1ccc(O)c(C(N)=O)c1)Oc1ccc(-c2ncc(C(F)(F)F)n2C)cc1. The summed E-state index contributed by atoms with van der Waals surface area (Å²) in [4.78, 5) is 15.2. The van der Waals surface area contributed by atoms with E-state index in [0.29, 0.717) is 17.1 Å². The van der Waals surface area contributed by atoms with E-state index in [9.17, 15) is 28.2 Å². The molecule has 0 aliphatic rings. The Balaban J connectivity index is 1.58. The third-order valence-electron chi connectivity index (χ3n) is 5.04. The average Bonchev–Trinajstić information content (AvgIpc) is 3.18. The highest BCUT2D eigenvalue weighted by Gasteiger charge is 2.35. The van der Waals surface area contributed by atoms with Crippen LogP contribution in [-0.2, 0) is 13.2 Å². The first-order chi connectivity index (χ1) is 16.5. The quantitative estimate of drug-likeness (QED) is 0.252. The molecule has 188 valence electrons. The number of aliphatic hydroxyl groups excluding tert-OH is 1. The summed E-state index contributed by atoms with van der Waals surface area (Å²) in [6.45, 7) is 1.93. The van der Waals surface area contributed by atoms with Gasteiger partial charge in [-0.15, -0.1) is 0 Å². The summed E-state index contributed by atoms with van der Waals surface area (Å²) in [5.74, 6) is -0.182. The van der Waals surface area contributed by atoms with Crippen LogP contribution < -0.4 is 20.5 Å². The van der Waals surface area contributed by atoms with Crippen LogP contribution in [0.2, 0.25) is 0 Å². The molecule has 3 rings (SSSR count). The van der Waals surface area contributed by atoms with Gasteiger partial charge in [0.2, 0.25) is 0 Å². The number of aromatic nitrogens is 2. The van der Waals surface area contributed by atoms with Gasteiger partial charge in [-0.05, 0) is 49.4 Å². The maximum atomic E-state index is 13.0. The van der Waals surface area contributed by atoms with Crippen LogP contribution in [0.5, 0.6) is 17.2 Å². The Kier molecular flexibility index (Phi) is 7.87. The molecule has 1 aromatic heterocycles. The Hall–Kier alpha value is -3.77. The fourth-order valence-electron chi connectivity index (χ4n) is 3.25. The van der Waals surface area contributed by atoms with Crippen molar-refractivity contribution >= 4 is 5.91 Å². The predicted molar refractivity (Wildman–Crippen MR) is 120 cm³/mol. The molecule has 35 heavy (non-hydrogen) atoms. The molecule has 0 fully saturated rings. The van der Waals surface area contributed by atoms with Gasteiger partial charge in [-0.3, -0.25) is 10.1 Å². The summed E-state index contributed by atoms with van der Waals surface area (Å²) in [5, 5.41) is 22.6. The minimum atomic E-state index is -4.50. The van der Waals surface area contributed by atoms with E-state index < -0.39 is 30.1 Å². The van der Waals surface area contributed by atoms with Gasteiger partial charge in [0.05, 0.1) is 11.8 Å². The monoisotopic (exact) mass is 494 g/mol. The molecule has 0 bridgehead atoms. The second-order valence-electron chi connectivity index (χ2n) is 7.67. The van der Waals surface area contributed by atoms with Crippen molar-refractivity contribution < 1.29 is 37.7 Å². The van der Waals surface area contributed by atoms with Crippen LogP contribution in [0.3, 0.4) is 0 Å². The van der Waals surface area contributed by atoms with Crippen molar-refractivity contribution in [1.82, 2.24) is 14.9 Å². The Morgan fingerprint density at radius 2 is 1.86 bits per heavy atom.